The molecule has 118 valence electrons. The topological polar surface area (TPSA) is 96.0 Å². The average molecular weight is 317 g/mol. The van der Waals surface area contributed by atoms with E-state index in [2.05, 4.69) is 5.16 Å². The molecule has 3 N–H and O–H groups in total. The minimum Gasteiger partial charge on any atom is -0.409 e. The molecule has 1 rings (SSSR count). The van der Waals surface area contributed by atoms with Crippen LogP contribution in [0.1, 0.15) is 32.1 Å². The Labute approximate surface area is 115 Å². The van der Waals surface area contributed by atoms with E-state index in [0.29, 0.717) is 12.8 Å². The Balaban J connectivity index is 2.73. The number of nitrogens with zero attached hydrogens (tertiary/aromatic N) is 2. The van der Waals surface area contributed by atoms with Crippen molar-refractivity contribution in [3.8, 4) is 0 Å². The molecule has 0 aromatic carbocycles. The molecular formula is C10H18F3N3O3S. The summed E-state index contributed by atoms with van der Waals surface area (Å²) < 4.78 is 61.3. The van der Waals surface area contributed by atoms with E-state index >= 15 is 0 Å². The van der Waals surface area contributed by atoms with Gasteiger partial charge in [-0.3, -0.25) is 0 Å². The van der Waals surface area contributed by atoms with E-state index in [4.69, 9.17) is 10.9 Å². The first-order valence-electron chi connectivity index (χ1n) is 6.21. The van der Waals surface area contributed by atoms with E-state index in [-0.39, 0.29) is 12.4 Å². The summed E-state index contributed by atoms with van der Waals surface area (Å²) in [7, 11) is -3.85. The molecular weight excluding hydrogens is 299 g/mol. The van der Waals surface area contributed by atoms with Crippen LogP contribution in [0.3, 0.4) is 0 Å². The zero-order valence-corrected chi connectivity index (χ0v) is 11.6. The summed E-state index contributed by atoms with van der Waals surface area (Å²) in [6.07, 6.45) is -4.29. The molecule has 6 nitrogen and oxygen atoms in total. The van der Waals surface area contributed by atoms with Crippen molar-refractivity contribution in [2.75, 3.05) is 12.3 Å². The first kappa shape index (κ1) is 17.0. The van der Waals surface area contributed by atoms with Gasteiger partial charge < -0.3 is 10.9 Å². The van der Waals surface area contributed by atoms with E-state index in [1.165, 1.54) is 0 Å². The van der Waals surface area contributed by atoms with Crippen LogP contribution in [0, 0.1) is 0 Å². The molecule has 0 radical (unpaired) electrons. The fourth-order valence-electron chi connectivity index (χ4n) is 2.17. The molecule has 1 aliphatic heterocycles. The monoisotopic (exact) mass is 317 g/mol. The largest absolute Gasteiger partial charge is 0.409 e. The summed E-state index contributed by atoms with van der Waals surface area (Å²) in [5.41, 5.74) is 5.45. The average Bonchev–Trinajstić information content (AvgIpc) is 2.36. The maximum atomic E-state index is 12.1. The Hall–Kier alpha value is -1.03. The molecule has 0 bridgehead atoms. The summed E-state index contributed by atoms with van der Waals surface area (Å²) in [4.78, 5) is 0. The van der Waals surface area contributed by atoms with Crippen LogP contribution < -0.4 is 5.73 Å². The quantitative estimate of drug-likeness (QED) is 0.345. The number of piperidine rings is 1. The number of sulfonamides is 1. The van der Waals surface area contributed by atoms with Gasteiger partial charge in [-0.1, -0.05) is 11.6 Å². The van der Waals surface area contributed by atoms with Crippen LogP contribution in [-0.4, -0.2) is 48.3 Å². The second-order valence-electron chi connectivity index (χ2n) is 4.68. The molecule has 20 heavy (non-hydrogen) atoms. The third-order valence-electron chi connectivity index (χ3n) is 3.13. The SMILES string of the molecule is NC(=NO)C1CCCCN1S(=O)(=O)CCCC(F)(F)F. The van der Waals surface area contributed by atoms with Gasteiger partial charge >= 0.3 is 6.18 Å². The molecule has 0 saturated carbocycles. The Kier molecular flexibility index (Phi) is 5.63. The molecule has 1 fully saturated rings. The van der Waals surface area contributed by atoms with Gasteiger partial charge in [0.15, 0.2) is 5.84 Å². The van der Waals surface area contributed by atoms with Crippen LogP contribution in [0.15, 0.2) is 5.16 Å². The molecule has 0 spiro atoms. The zero-order valence-electron chi connectivity index (χ0n) is 10.8. The molecule has 0 amide bonds. The van der Waals surface area contributed by atoms with Crippen LogP contribution in [0.2, 0.25) is 0 Å². The number of hydrogen-bond donors (Lipinski definition) is 2. The summed E-state index contributed by atoms with van der Waals surface area (Å²) >= 11 is 0. The van der Waals surface area contributed by atoms with Crippen LogP contribution in [0.4, 0.5) is 13.2 Å². The lowest BCUT2D eigenvalue weighted by Gasteiger charge is -2.33. The number of amidine groups is 1. The maximum absolute atomic E-state index is 12.1. The minimum absolute atomic E-state index is 0.176. The van der Waals surface area contributed by atoms with Crippen molar-refractivity contribution in [2.24, 2.45) is 10.9 Å². The number of rotatable bonds is 5. The molecule has 1 aliphatic rings. The van der Waals surface area contributed by atoms with Crippen molar-refractivity contribution >= 4 is 15.9 Å². The predicted octanol–water partition coefficient (Wildman–Crippen LogP) is 1.26. The third-order valence-corrected chi connectivity index (χ3v) is 5.09. The first-order chi connectivity index (χ1) is 9.17. The molecule has 1 saturated heterocycles. The summed E-state index contributed by atoms with van der Waals surface area (Å²) in [5, 5.41) is 11.4. The van der Waals surface area contributed by atoms with Gasteiger partial charge in [-0.15, -0.1) is 0 Å². The number of oxime groups is 1. The summed E-state index contributed by atoms with van der Waals surface area (Å²) in [6, 6.07) is -0.773. The zero-order chi connectivity index (χ0) is 15.4. The molecule has 1 unspecified atom stereocenters. The number of hydrogen-bond acceptors (Lipinski definition) is 4. The second kappa shape index (κ2) is 6.61. The highest BCUT2D eigenvalue weighted by Crippen LogP contribution is 2.25. The fraction of sp³-hybridized carbons (Fsp3) is 0.900. The molecule has 1 atom stereocenters. The van der Waals surface area contributed by atoms with Gasteiger partial charge in [-0.05, 0) is 19.3 Å². The number of alkyl halides is 3. The van der Waals surface area contributed by atoms with E-state index < -0.39 is 40.8 Å². The predicted molar refractivity (Wildman–Crippen MR) is 66.8 cm³/mol. The standard InChI is InChI=1S/C10H18F3N3O3S/c11-10(12,13)5-3-7-20(18,19)16-6-2-1-4-8(16)9(14)15-17/h8,17H,1-7H2,(H2,14,15). The summed E-state index contributed by atoms with van der Waals surface area (Å²) in [5.74, 6) is -0.828. The molecule has 0 aromatic rings. The summed E-state index contributed by atoms with van der Waals surface area (Å²) in [6.45, 7) is 0.176. The van der Waals surface area contributed by atoms with Gasteiger partial charge in [-0.2, -0.15) is 17.5 Å². The van der Waals surface area contributed by atoms with Gasteiger partial charge in [0.1, 0.15) is 0 Å². The van der Waals surface area contributed by atoms with Crippen molar-refractivity contribution in [2.45, 2.75) is 44.3 Å². The first-order valence-corrected chi connectivity index (χ1v) is 7.82. The van der Waals surface area contributed by atoms with Gasteiger partial charge in [0.05, 0.1) is 11.8 Å². The highest BCUT2D eigenvalue weighted by molar-refractivity contribution is 7.89. The van der Waals surface area contributed by atoms with Gasteiger partial charge in [0.2, 0.25) is 10.0 Å². The lowest BCUT2D eigenvalue weighted by molar-refractivity contribution is -0.134. The molecule has 0 aromatic heterocycles. The van der Waals surface area contributed by atoms with Crippen molar-refractivity contribution in [1.29, 1.82) is 0 Å². The van der Waals surface area contributed by atoms with Crippen LogP contribution in [-0.2, 0) is 10.0 Å². The highest BCUT2D eigenvalue weighted by Gasteiger charge is 2.35. The van der Waals surface area contributed by atoms with Crippen LogP contribution in [0.25, 0.3) is 0 Å². The van der Waals surface area contributed by atoms with Crippen molar-refractivity contribution in [3.63, 3.8) is 0 Å². The normalized spacial score (nSPS) is 22.9. The van der Waals surface area contributed by atoms with Crippen molar-refractivity contribution in [3.05, 3.63) is 0 Å². The fourth-order valence-corrected chi connectivity index (χ4v) is 3.92. The van der Waals surface area contributed by atoms with Crippen molar-refractivity contribution in [1.82, 2.24) is 4.31 Å². The van der Waals surface area contributed by atoms with Gasteiger partial charge in [0, 0.05) is 13.0 Å². The van der Waals surface area contributed by atoms with Crippen molar-refractivity contribution < 1.29 is 26.8 Å². The smallest absolute Gasteiger partial charge is 0.389 e. The van der Waals surface area contributed by atoms with E-state index in [1.807, 2.05) is 0 Å². The minimum atomic E-state index is -4.37. The lowest BCUT2D eigenvalue weighted by atomic mass is 10.0. The molecule has 1 heterocycles. The van der Waals surface area contributed by atoms with E-state index in [1.54, 1.807) is 0 Å². The Morgan fingerprint density at radius 1 is 1.40 bits per heavy atom. The number of nitrogens with two attached hydrogens (primary N) is 1. The Morgan fingerprint density at radius 3 is 2.60 bits per heavy atom. The Bertz CT molecular complexity index is 450. The second-order valence-corrected chi connectivity index (χ2v) is 6.72. The lowest BCUT2D eigenvalue weighted by Crippen LogP contribution is -2.51. The maximum Gasteiger partial charge on any atom is 0.389 e. The van der Waals surface area contributed by atoms with Gasteiger partial charge in [0.25, 0.3) is 0 Å². The van der Waals surface area contributed by atoms with E-state index in [0.717, 1.165) is 10.7 Å². The van der Waals surface area contributed by atoms with Crippen LogP contribution >= 0.6 is 0 Å². The highest BCUT2D eigenvalue weighted by atomic mass is 32.2. The van der Waals surface area contributed by atoms with Crippen LogP contribution in [0.5, 0.6) is 0 Å². The van der Waals surface area contributed by atoms with E-state index in [9.17, 15) is 21.6 Å². The number of halogens is 3. The van der Waals surface area contributed by atoms with Gasteiger partial charge in [-0.25, -0.2) is 8.42 Å². The molecule has 0 aliphatic carbocycles. The molecule has 10 heteroatoms. The third kappa shape index (κ3) is 4.82. The Morgan fingerprint density at radius 2 is 2.05 bits per heavy atom.